The molecule has 0 bridgehead atoms. The Morgan fingerprint density at radius 2 is 1.81 bits per heavy atom. The van der Waals surface area contributed by atoms with Crippen LogP contribution in [0.2, 0.25) is 0 Å². The Morgan fingerprint density at radius 3 is 2.52 bits per heavy atom. The summed E-state index contributed by atoms with van der Waals surface area (Å²) in [5.74, 6) is -2.27. The summed E-state index contributed by atoms with van der Waals surface area (Å²) in [6.45, 7) is 3.64. The van der Waals surface area contributed by atoms with Crippen molar-refractivity contribution in [1.29, 1.82) is 0 Å². The number of amides is 1. The normalized spacial score (nSPS) is 14.9. The third-order valence-corrected chi connectivity index (χ3v) is 5.10. The van der Waals surface area contributed by atoms with Crippen molar-refractivity contribution in [2.45, 2.75) is 32.7 Å². The van der Waals surface area contributed by atoms with Gasteiger partial charge < -0.3 is 9.47 Å². The maximum Gasteiger partial charge on any atom is 0.259 e. The molecule has 2 aromatic heterocycles. The Morgan fingerprint density at radius 1 is 1.11 bits per heavy atom. The third-order valence-electron chi connectivity index (χ3n) is 5.10. The van der Waals surface area contributed by atoms with Crippen molar-refractivity contribution in [3.05, 3.63) is 51.8 Å². The fourth-order valence-corrected chi connectivity index (χ4v) is 3.63. The van der Waals surface area contributed by atoms with E-state index in [4.69, 9.17) is 0 Å². The Bertz CT molecular complexity index is 1120. The summed E-state index contributed by atoms with van der Waals surface area (Å²) >= 11 is 0. The van der Waals surface area contributed by atoms with E-state index in [0.29, 0.717) is 30.7 Å². The molecule has 1 aliphatic heterocycles. The molecule has 1 aromatic carbocycles. The SMILES string of the molecule is CCn1cc(C(=O)N2CCCCC2)c(=O)c2cc3cc(F)c(F)cc3nc21. The smallest absolute Gasteiger partial charge is 0.259 e. The van der Waals surface area contributed by atoms with Gasteiger partial charge in [-0.3, -0.25) is 9.59 Å². The molecule has 1 amide bonds. The number of carbonyl (C=O) groups excluding carboxylic acids is 1. The summed E-state index contributed by atoms with van der Waals surface area (Å²) in [6, 6.07) is 3.52. The van der Waals surface area contributed by atoms with Gasteiger partial charge in [0.2, 0.25) is 5.43 Å². The van der Waals surface area contributed by atoms with Gasteiger partial charge in [0.25, 0.3) is 5.91 Å². The highest BCUT2D eigenvalue weighted by Crippen LogP contribution is 2.22. The Labute approximate surface area is 154 Å². The van der Waals surface area contributed by atoms with Crippen LogP contribution in [0.25, 0.3) is 21.9 Å². The van der Waals surface area contributed by atoms with Gasteiger partial charge in [-0.25, -0.2) is 13.8 Å². The number of aromatic nitrogens is 2. The van der Waals surface area contributed by atoms with E-state index in [0.717, 1.165) is 31.4 Å². The first-order valence-corrected chi connectivity index (χ1v) is 9.12. The standard InChI is InChI=1S/C20H19F2N3O2/c1-2-24-11-14(20(27)25-6-4-3-5-7-25)18(26)13-8-12-9-15(21)16(22)10-17(12)23-19(13)24/h8-11H,2-7H2,1H3. The maximum absolute atomic E-state index is 13.6. The molecule has 4 rings (SSSR count). The number of hydrogen-bond acceptors (Lipinski definition) is 3. The maximum atomic E-state index is 13.6. The van der Waals surface area contributed by atoms with Gasteiger partial charge in [0.1, 0.15) is 11.2 Å². The first-order valence-electron chi connectivity index (χ1n) is 9.12. The molecule has 1 aliphatic rings. The Kier molecular flexibility index (Phi) is 4.37. The molecule has 0 atom stereocenters. The number of hydrogen-bond donors (Lipinski definition) is 0. The molecule has 0 N–H and O–H groups in total. The molecular formula is C20H19F2N3O2. The van der Waals surface area contributed by atoms with E-state index < -0.39 is 17.1 Å². The van der Waals surface area contributed by atoms with Crippen LogP contribution in [0.5, 0.6) is 0 Å². The molecule has 3 aromatic rings. The molecule has 7 heteroatoms. The van der Waals surface area contributed by atoms with Crippen molar-refractivity contribution in [2.75, 3.05) is 13.1 Å². The van der Waals surface area contributed by atoms with Crippen LogP contribution in [0, 0.1) is 11.6 Å². The highest BCUT2D eigenvalue weighted by atomic mass is 19.2. The van der Waals surface area contributed by atoms with Gasteiger partial charge in [-0.1, -0.05) is 0 Å². The van der Waals surface area contributed by atoms with Crippen LogP contribution in [-0.4, -0.2) is 33.4 Å². The zero-order chi connectivity index (χ0) is 19.1. The lowest BCUT2D eigenvalue weighted by molar-refractivity contribution is 0.0722. The number of fused-ring (bicyclic) bond motifs is 2. The summed E-state index contributed by atoms with van der Waals surface area (Å²) in [7, 11) is 0. The van der Waals surface area contributed by atoms with E-state index in [1.807, 2.05) is 6.92 Å². The number of benzene rings is 1. The van der Waals surface area contributed by atoms with Crippen molar-refractivity contribution in [2.24, 2.45) is 0 Å². The highest BCUT2D eigenvalue weighted by Gasteiger charge is 2.23. The van der Waals surface area contributed by atoms with E-state index >= 15 is 0 Å². The topological polar surface area (TPSA) is 55.2 Å². The van der Waals surface area contributed by atoms with E-state index in [1.54, 1.807) is 9.47 Å². The predicted octanol–water partition coefficient (Wildman–Crippen LogP) is 3.47. The number of rotatable bonds is 2. The number of carbonyl (C=O) groups is 1. The fourth-order valence-electron chi connectivity index (χ4n) is 3.63. The lowest BCUT2D eigenvalue weighted by atomic mass is 10.1. The minimum Gasteiger partial charge on any atom is -0.338 e. The average Bonchev–Trinajstić information content (AvgIpc) is 2.68. The van der Waals surface area contributed by atoms with Crippen LogP contribution in [0.4, 0.5) is 8.78 Å². The average molecular weight is 371 g/mol. The molecule has 140 valence electrons. The number of likely N-dealkylation sites (tertiary alicyclic amines) is 1. The Balaban J connectivity index is 1.95. The molecule has 0 aliphatic carbocycles. The lowest BCUT2D eigenvalue weighted by Crippen LogP contribution is -2.38. The van der Waals surface area contributed by atoms with Gasteiger partial charge in [0.05, 0.1) is 10.9 Å². The molecule has 3 heterocycles. The molecular weight excluding hydrogens is 352 g/mol. The van der Waals surface area contributed by atoms with Crippen LogP contribution in [0.1, 0.15) is 36.5 Å². The van der Waals surface area contributed by atoms with Crippen LogP contribution in [0.15, 0.2) is 29.2 Å². The molecule has 0 unspecified atom stereocenters. The minimum atomic E-state index is -1.000. The monoisotopic (exact) mass is 371 g/mol. The summed E-state index contributed by atoms with van der Waals surface area (Å²) in [5.41, 5.74) is 0.286. The summed E-state index contributed by atoms with van der Waals surface area (Å²) in [5, 5.41) is 0.557. The summed E-state index contributed by atoms with van der Waals surface area (Å²) < 4.78 is 28.9. The van der Waals surface area contributed by atoms with E-state index in [9.17, 15) is 18.4 Å². The van der Waals surface area contributed by atoms with E-state index in [1.165, 1.54) is 12.3 Å². The quantitative estimate of drug-likeness (QED) is 0.648. The summed E-state index contributed by atoms with van der Waals surface area (Å²) in [4.78, 5) is 31.9. The van der Waals surface area contributed by atoms with Crippen LogP contribution in [-0.2, 0) is 6.54 Å². The fraction of sp³-hybridized carbons (Fsp3) is 0.350. The number of aryl methyl sites for hydroxylation is 1. The summed E-state index contributed by atoms with van der Waals surface area (Å²) in [6.07, 6.45) is 4.47. The van der Waals surface area contributed by atoms with Gasteiger partial charge >= 0.3 is 0 Å². The second-order valence-electron chi connectivity index (χ2n) is 6.83. The molecule has 1 saturated heterocycles. The highest BCUT2D eigenvalue weighted by molar-refractivity contribution is 5.99. The molecule has 0 spiro atoms. The van der Waals surface area contributed by atoms with Crippen molar-refractivity contribution in [3.63, 3.8) is 0 Å². The molecule has 0 saturated carbocycles. The van der Waals surface area contributed by atoms with Crippen molar-refractivity contribution in [3.8, 4) is 0 Å². The second kappa shape index (κ2) is 6.72. The number of piperidine rings is 1. The number of halogens is 2. The van der Waals surface area contributed by atoms with Crippen molar-refractivity contribution >= 4 is 27.8 Å². The largest absolute Gasteiger partial charge is 0.338 e. The van der Waals surface area contributed by atoms with Crippen LogP contribution < -0.4 is 5.43 Å². The van der Waals surface area contributed by atoms with Crippen molar-refractivity contribution in [1.82, 2.24) is 14.5 Å². The second-order valence-corrected chi connectivity index (χ2v) is 6.83. The van der Waals surface area contributed by atoms with Crippen molar-refractivity contribution < 1.29 is 13.6 Å². The molecule has 0 radical (unpaired) electrons. The minimum absolute atomic E-state index is 0.0926. The lowest BCUT2D eigenvalue weighted by Gasteiger charge is -2.26. The first kappa shape index (κ1) is 17.6. The van der Waals surface area contributed by atoms with Gasteiger partial charge in [-0.15, -0.1) is 0 Å². The van der Waals surface area contributed by atoms with Gasteiger partial charge in [-0.2, -0.15) is 0 Å². The van der Waals surface area contributed by atoms with Gasteiger partial charge in [0, 0.05) is 37.3 Å². The molecule has 5 nitrogen and oxygen atoms in total. The van der Waals surface area contributed by atoms with E-state index in [-0.39, 0.29) is 22.4 Å². The zero-order valence-corrected chi connectivity index (χ0v) is 15.0. The predicted molar refractivity (Wildman–Crippen MR) is 98.9 cm³/mol. The van der Waals surface area contributed by atoms with Crippen LogP contribution in [0.3, 0.4) is 0 Å². The van der Waals surface area contributed by atoms with Gasteiger partial charge in [-0.05, 0) is 38.3 Å². The molecule has 1 fully saturated rings. The number of nitrogens with zero attached hydrogens (tertiary/aromatic N) is 3. The van der Waals surface area contributed by atoms with Crippen LogP contribution >= 0.6 is 0 Å². The molecule has 27 heavy (non-hydrogen) atoms. The first-order chi connectivity index (χ1) is 13.0. The zero-order valence-electron chi connectivity index (χ0n) is 15.0. The Hall–Kier alpha value is -2.83. The van der Waals surface area contributed by atoms with E-state index in [2.05, 4.69) is 4.98 Å². The third kappa shape index (κ3) is 2.97. The number of pyridine rings is 2. The van der Waals surface area contributed by atoms with Gasteiger partial charge in [0.15, 0.2) is 11.6 Å².